The highest BCUT2D eigenvalue weighted by Crippen LogP contribution is 2.40. The third-order valence-electron chi connectivity index (χ3n) is 3.05. The maximum atomic E-state index is 12.5. The predicted molar refractivity (Wildman–Crippen MR) is 92.5 cm³/mol. The lowest BCUT2D eigenvalue weighted by atomic mass is 10.1. The van der Waals surface area contributed by atoms with E-state index in [1.807, 2.05) is 0 Å². The maximum Gasteiger partial charge on any atom is 0.381 e. The van der Waals surface area contributed by atoms with Crippen LogP contribution in [0.3, 0.4) is 0 Å². The molecule has 0 saturated carbocycles. The molecule has 1 atom stereocenters. The lowest BCUT2D eigenvalue weighted by Gasteiger charge is -2.19. The number of ketones is 1. The Hall–Kier alpha value is -1.89. The van der Waals surface area contributed by atoms with Crippen LogP contribution in [0, 0.1) is 0 Å². The predicted octanol–water partition coefficient (Wildman–Crippen LogP) is 3.65. The minimum absolute atomic E-state index is 0.184. The lowest BCUT2D eigenvalue weighted by Crippen LogP contribution is -2.26. The van der Waals surface area contributed by atoms with Crippen LogP contribution in [0.15, 0.2) is 53.7 Å². The summed E-state index contributed by atoms with van der Waals surface area (Å²) in [5.74, 6) is -1.01. The molecule has 0 heterocycles. The zero-order chi connectivity index (χ0) is 18.6. The zero-order valence-electron chi connectivity index (χ0n) is 12.4. The quantitative estimate of drug-likeness (QED) is 0.293. The molecule has 0 radical (unpaired) electrons. The van der Waals surface area contributed by atoms with Gasteiger partial charge in [0.2, 0.25) is 11.2 Å². The minimum atomic E-state index is -5.11. The fourth-order valence-corrected chi connectivity index (χ4v) is 2.78. The first-order valence-corrected chi connectivity index (χ1v) is 9.09. The van der Waals surface area contributed by atoms with Crippen molar-refractivity contribution in [3.63, 3.8) is 0 Å². The SMILES string of the molecule is O=C(/C(=N/O)P(=O)(O)O)C(Oc1cccc(Cl)c1)c1ccc(Cl)cc1. The van der Waals surface area contributed by atoms with Gasteiger partial charge in [0.15, 0.2) is 6.10 Å². The molecule has 0 bridgehead atoms. The number of carbonyl (C=O) groups is 1. The Bertz CT molecular complexity index is 849. The Balaban J connectivity index is 2.46. The van der Waals surface area contributed by atoms with E-state index < -0.39 is 24.9 Å². The van der Waals surface area contributed by atoms with Crippen LogP contribution in [-0.4, -0.2) is 26.2 Å². The van der Waals surface area contributed by atoms with Gasteiger partial charge in [-0.3, -0.25) is 9.36 Å². The molecule has 2 aromatic rings. The molecule has 0 aromatic heterocycles. The van der Waals surface area contributed by atoms with Crippen molar-refractivity contribution in [2.75, 3.05) is 0 Å². The van der Waals surface area contributed by atoms with Crippen LogP contribution in [0.25, 0.3) is 0 Å². The van der Waals surface area contributed by atoms with Crippen molar-refractivity contribution in [1.29, 1.82) is 0 Å². The molecule has 3 N–H and O–H groups in total. The highest BCUT2D eigenvalue weighted by atomic mass is 35.5. The van der Waals surface area contributed by atoms with Gasteiger partial charge in [-0.05, 0) is 30.3 Å². The Morgan fingerprint density at radius 3 is 2.24 bits per heavy atom. The number of carbonyl (C=O) groups excluding carboxylic acids is 1. The van der Waals surface area contributed by atoms with Gasteiger partial charge in [0.25, 0.3) is 0 Å². The normalized spacial score (nSPS) is 13.4. The maximum absolute atomic E-state index is 12.5. The van der Waals surface area contributed by atoms with Crippen LogP contribution in [0.1, 0.15) is 11.7 Å². The number of oxime groups is 1. The van der Waals surface area contributed by atoms with Gasteiger partial charge in [-0.25, -0.2) is 0 Å². The first kappa shape index (κ1) is 19.4. The highest BCUT2D eigenvalue weighted by Gasteiger charge is 2.38. The summed E-state index contributed by atoms with van der Waals surface area (Å²) in [6.45, 7) is 0. The first-order chi connectivity index (χ1) is 11.7. The van der Waals surface area contributed by atoms with Gasteiger partial charge >= 0.3 is 7.60 Å². The van der Waals surface area contributed by atoms with E-state index >= 15 is 0 Å². The monoisotopic (exact) mass is 403 g/mol. The number of nitrogens with zero attached hydrogens (tertiary/aromatic N) is 1. The largest absolute Gasteiger partial charge is 0.477 e. The van der Waals surface area contributed by atoms with Crippen molar-refractivity contribution in [3.8, 4) is 5.75 Å². The Morgan fingerprint density at radius 2 is 1.72 bits per heavy atom. The topological polar surface area (TPSA) is 116 Å². The van der Waals surface area contributed by atoms with Crippen molar-refractivity contribution in [2.24, 2.45) is 5.16 Å². The van der Waals surface area contributed by atoms with Gasteiger partial charge in [0, 0.05) is 15.6 Å². The molecule has 2 aromatic carbocycles. The van der Waals surface area contributed by atoms with E-state index in [0.717, 1.165) is 0 Å². The molecule has 0 aliphatic rings. The van der Waals surface area contributed by atoms with Crippen LogP contribution >= 0.6 is 30.8 Å². The van der Waals surface area contributed by atoms with Crippen LogP contribution in [0.2, 0.25) is 10.0 Å². The minimum Gasteiger partial charge on any atom is -0.477 e. The number of benzene rings is 2. The molecule has 0 fully saturated rings. The van der Waals surface area contributed by atoms with E-state index in [9.17, 15) is 19.1 Å². The second-order valence-corrected chi connectivity index (χ2v) is 7.22. The molecule has 0 aliphatic heterocycles. The summed E-state index contributed by atoms with van der Waals surface area (Å²) in [6, 6.07) is 11.9. The summed E-state index contributed by atoms with van der Waals surface area (Å²) < 4.78 is 16.9. The smallest absolute Gasteiger partial charge is 0.381 e. The van der Waals surface area contributed by atoms with E-state index in [4.69, 9.17) is 33.1 Å². The molecule has 1 unspecified atom stereocenters. The van der Waals surface area contributed by atoms with Crippen molar-refractivity contribution >= 4 is 42.0 Å². The van der Waals surface area contributed by atoms with Crippen LogP contribution < -0.4 is 4.74 Å². The number of hydrogen-bond acceptors (Lipinski definition) is 5. The van der Waals surface area contributed by atoms with Gasteiger partial charge in [0.1, 0.15) is 5.75 Å². The van der Waals surface area contributed by atoms with Crippen LogP contribution in [0.5, 0.6) is 5.75 Å². The molecule has 10 heteroatoms. The molecule has 0 aliphatic carbocycles. The van der Waals surface area contributed by atoms with Crippen LogP contribution in [-0.2, 0) is 9.36 Å². The van der Waals surface area contributed by atoms with Crippen molar-refractivity contribution in [3.05, 3.63) is 64.1 Å². The van der Waals surface area contributed by atoms with E-state index in [0.29, 0.717) is 10.0 Å². The van der Waals surface area contributed by atoms with Gasteiger partial charge in [-0.15, -0.1) is 0 Å². The number of hydrogen-bond donors (Lipinski definition) is 3. The number of halogens is 2. The number of ether oxygens (including phenoxy) is 1. The average molecular weight is 404 g/mol. The molecule has 0 saturated heterocycles. The second-order valence-electron chi connectivity index (χ2n) is 4.84. The molecule has 0 amide bonds. The third-order valence-corrected chi connectivity index (χ3v) is 4.40. The van der Waals surface area contributed by atoms with E-state index in [1.165, 1.54) is 36.4 Å². The lowest BCUT2D eigenvalue weighted by molar-refractivity contribution is -0.119. The molecule has 2 rings (SSSR count). The molecular weight excluding hydrogens is 392 g/mol. The Labute approximate surface area is 152 Å². The van der Waals surface area contributed by atoms with E-state index in [-0.39, 0.29) is 11.3 Å². The second kappa shape index (κ2) is 7.99. The van der Waals surface area contributed by atoms with Gasteiger partial charge in [-0.2, -0.15) is 0 Å². The van der Waals surface area contributed by atoms with Gasteiger partial charge < -0.3 is 19.7 Å². The zero-order valence-corrected chi connectivity index (χ0v) is 14.8. The highest BCUT2D eigenvalue weighted by molar-refractivity contribution is 7.73. The summed E-state index contributed by atoms with van der Waals surface area (Å²) in [5, 5.41) is 12.0. The van der Waals surface area contributed by atoms with Crippen molar-refractivity contribution in [1.82, 2.24) is 0 Å². The summed E-state index contributed by atoms with van der Waals surface area (Å²) in [7, 11) is -5.11. The Kier molecular flexibility index (Phi) is 6.21. The Morgan fingerprint density at radius 1 is 1.08 bits per heavy atom. The van der Waals surface area contributed by atoms with Crippen molar-refractivity contribution < 1.29 is 29.1 Å². The summed E-state index contributed by atoms with van der Waals surface area (Å²) in [6.07, 6.45) is -1.48. The summed E-state index contributed by atoms with van der Waals surface area (Å²) in [5.41, 5.74) is -1.06. The van der Waals surface area contributed by atoms with E-state index in [2.05, 4.69) is 5.16 Å². The molecule has 25 heavy (non-hydrogen) atoms. The van der Waals surface area contributed by atoms with Crippen LogP contribution in [0.4, 0.5) is 0 Å². The average Bonchev–Trinajstić information content (AvgIpc) is 2.53. The fraction of sp³-hybridized carbons (Fsp3) is 0.0667. The number of Topliss-reactive ketones (excluding diaryl/α,β-unsaturated/α-hetero) is 1. The standard InChI is InChI=1S/C15H12Cl2NO6P/c16-10-6-4-9(5-7-10)14(13(19)15(18-20)25(21,22)23)24-12-3-1-2-11(17)8-12/h1-8,14,20H,(H2,21,22,23)/b18-15-. The van der Waals surface area contributed by atoms with Gasteiger partial charge in [-0.1, -0.05) is 46.6 Å². The molecule has 0 spiro atoms. The molecular formula is C15H12Cl2NO6P. The van der Waals surface area contributed by atoms with Gasteiger partial charge in [0.05, 0.1) is 0 Å². The third kappa shape index (κ3) is 5.04. The number of rotatable bonds is 6. The summed E-state index contributed by atoms with van der Waals surface area (Å²) in [4.78, 5) is 30.9. The fourth-order valence-electron chi connectivity index (χ4n) is 1.96. The summed E-state index contributed by atoms with van der Waals surface area (Å²) >= 11 is 11.7. The van der Waals surface area contributed by atoms with E-state index in [1.54, 1.807) is 12.1 Å². The molecule has 7 nitrogen and oxygen atoms in total. The van der Waals surface area contributed by atoms with Crippen molar-refractivity contribution in [2.45, 2.75) is 6.10 Å². The first-order valence-electron chi connectivity index (χ1n) is 6.72. The molecule has 132 valence electrons.